The van der Waals surface area contributed by atoms with Gasteiger partial charge in [0.25, 0.3) is 11.8 Å². The van der Waals surface area contributed by atoms with Crippen LogP contribution in [0.2, 0.25) is 0 Å². The third-order valence-corrected chi connectivity index (χ3v) is 4.84. The fourth-order valence-electron chi connectivity index (χ4n) is 3.21. The Labute approximate surface area is 174 Å². The molecule has 3 aromatic carbocycles. The van der Waals surface area contributed by atoms with Crippen molar-refractivity contribution in [3.05, 3.63) is 107 Å². The van der Waals surface area contributed by atoms with Gasteiger partial charge in [0.15, 0.2) is 0 Å². The van der Waals surface area contributed by atoms with Crippen LogP contribution in [-0.2, 0) is 4.79 Å². The summed E-state index contributed by atoms with van der Waals surface area (Å²) in [7, 11) is 0. The molecule has 148 valence electrons. The molecule has 0 fully saturated rings. The second-order valence-corrected chi connectivity index (χ2v) is 6.94. The molecular weight excluding hydrogens is 374 g/mol. The lowest BCUT2D eigenvalue weighted by molar-refractivity contribution is -0.113. The maximum atomic E-state index is 13.1. The predicted molar refractivity (Wildman–Crippen MR) is 120 cm³/mol. The van der Waals surface area contributed by atoms with Crippen LogP contribution in [0.3, 0.4) is 0 Å². The summed E-state index contributed by atoms with van der Waals surface area (Å²) < 4.78 is 0. The molecular formula is C25H21N3O2. The Morgan fingerprint density at radius 2 is 1.57 bits per heavy atom. The van der Waals surface area contributed by atoms with Crippen molar-refractivity contribution < 1.29 is 9.59 Å². The summed E-state index contributed by atoms with van der Waals surface area (Å²) in [5, 5.41) is 6.63. The van der Waals surface area contributed by atoms with Crippen LogP contribution in [0.5, 0.6) is 0 Å². The molecule has 4 aromatic rings. The molecule has 0 saturated heterocycles. The Morgan fingerprint density at radius 3 is 2.37 bits per heavy atom. The predicted octanol–water partition coefficient (Wildman–Crippen LogP) is 4.89. The average Bonchev–Trinajstić information content (AvgIpc) is 3.18. The second kappa shape index (κ2) is 8.49. The Hall–Kier alpha value is -4.12. The van der Waals surface area contributed by atoms with E-state index in [1.165, 1.54) is 0 Å². The molecule has 0 aliphatic carbocycles. The number of hydrogen-bond acceptors (Lipinski definition) is 2. The number of carbonyl (C=O) groups excluding carboxylic acids is 2. The fraction of sp³-hybridized carbons (Fsp3) is 0.0400. The lowest BCUT2D eigenvalue weighted by Gasteiger charge is -2.12. The summed E-state index contributed by atoms with van der Waals surface area (Å²) in [6.07, 6.45) is 3.51. The molecule has 5 nitrogen and oxygen atoms in total. The van der Waals surface area contributed by atoms with E-state index >= 15 is 0 Å². The van der Waals surface area contributed by atoms with Crippen molar-refractivity contribution in [1.82, 2.24) is 10.3 Å². The standard InChI is InChI=1S/C25H21N3O2/c1-17-9-5-7-13-21(17)27-25(30)23(28-24(29)18-10-3-2-4-11-18)15-19-16-26-22-14-8-6-12-20(19)22/h2-16,26H,1H3,(H,27,30)(H,28,29)/b23-15+. The van der Waals surface area contributed by atoms with Crippen molar-refractivity contribution in [2.45, 2.75) is 6.92 Å². The van der Waals surface area contributed by atoms with E-state index < -0.39 is 0 Å². The number of aryl methyl sites for hydroxylation is 1. The quantitative estimate of drug-likeness (QED) is 0.421. The van der Waals surface area contributed by atoms with Gasteiger partial charge in [-0.2, -0.15) is 0 Å². The van der Waals surface area contributed by atoms with Gasteiger partial charge in [0.1, 0.15) is 5.70 Å². The number of anilines is 1. The number of fused-ring (bicyclic) bond motifs is 1. The zero-order valence-electron chi connectivity index (χ0n) is 16.5. The topological polar surface area (TPSA) is 74.0 Å². The van der Waals surface area contributed by atoms with E-state index in [0.717, 1.165) is 22.0 Å². The first-order valence-corrected chi connectivity index (χ1v) is 9.63. The van der Waals surface area contributed by atoms with Gasteiger partial charge in [-0.15, -0.1) is 0 Å². The lowest BCUT2D eigenvalue weighted by atomic mass is 10.1. The van der Waals surface area contributed by atoms with Crippen molar-refractivity contribution >= 4 is 34.5 Å². The zero-order valence-corrected chi connectivity index (χ0v) is 16.5. The van der Waals surface area contributed by atoms with Crippen LogP contribution in [0.1, 0.15) is 21.5 Å². The first-order chi connectivity index (χ1) is 14.6. The number of aromatic amines is 1. The van der Waals surface area contributed by atoms with Gasteiger partial charge in [0.2, 0.25) is 0 Å². The second-order valence-electron chi connectivity index (χ2n) is 6.94. The van der Waals surface area contributed by atoms with Crippen LogP contribution in [0.15, 0.2) is 90.8 Å². The van der Waals surface area contributed by atoms with E-state index in [2.05, 4.69) is 15.6 Å². The number of rotatable bonds is 5. The van der Waals surface area contributed by atoms with Gasteiger partial charge in [-0.1, -0.05) is 54.6 Å². The molecule has 5 heteroatoms. The summed E-state index contributed by atoms with van der Waals surface area (Å²) in [6, 6.07) is 24.1. The Bertz CT molecular complexity index is 1240. The van der Waals surface area contributed by atoms with Gasteiger partial charge >= 0.3 is 0 Å². The minimum atomic E-state index is -0.390. The van der Waals surface area contributed by atoms with E-state index in [-0.39, 0.29) is 17.5 Å². The highest BCUT2D eigenvalue weighted by molar-refractivity contribution is 6.11. The van der Waals surface area contributed by atoms with Gasteiger partial charge < -0.3 is 15.6 Å². The lowest BCUT2D eigenvalue weighted by Crippen LogP contribution is -2.30. The van der Waals surface area contributed by atoms with Crippen molar-refractivity contribution in [3.8, 4) is 0 Å². The van der Waals surface area contributed by atoms with Crippen molar-refractivity contribution in [2.75, 3.05) is 5.32 Å². The fourth-order valence-corrected chi connectivity index (χ4v) is 3.21. The van der Waals surface area contributed by atoms with Crippen LogP contribution in [-0.4, -0.2) is 16.8 Å². The number of nitrogens with one attached hydrogen (secondary N) is 3. The molecule has 0 saturated carbocycles. The van der Waals surface area contributed by atoms with E-state index in [1.807, 2.05) is 67.7 Å². The van der Waals surface area contributed by atoms with Crippen molar-refractivity contribution in [2.24, 2.45) is 0 Å². The summed E-state index contributed by atoms with van der Waals surface area (Å²) >= 11 is 0. The molecule has 0 aliphatic heterocycles. The number of para-hydroxylation sites is 2. The smallest absolute Gasteiger partial charge is 0.272 e. The van der Waals surface area contributed by atoms with E-state index in [9.17, 15) is 9.59 Å². The molecule has 30 heavy (non-hydrogen) atoms. The number of benzene rings is 3. The number of aromatic nitrogens is 1. The summed E-state index contributed by atoms with van der Waals surface area (Å²) in [5.41, 5.74) is 4.04. The minimum absolute atomic E-state index is 0.164. The zero-order chi connectivity index (χ0) is 20.9. The monoisotopic (exact) mass is 395 g/mol. The molecule has 2 amide bonds. The molecule has 0 aliphatic rings. The Balaban J connectivity index is 1.69. The third-order valence-electron chi connectivity index (χ3n) is 4.84. The average molecular weight is 395 g/mol. The number of H-pyrrole nitrogens is 1. The summed E-state index contributed by atoms with van der Waals surface area (Å²) in [6.45, 7) is 1.92. The van der Waals surface area contributed by atoms with Gasteiger partial charge in [-0.25, -0.2) is 0 Å². The molecule has 0 unspecified atom stereocenters. The summed E-state index contributed by atoms with van der Waals surface area (Å²) in [4.78, 5) is 29.0. The van der Waals surface area contributed by atoms with E-state index in [0.29, 0.717) is 11.3 Å². The van der Waals surface area contributed by atoms with Gasteiger partial charge in [-0.05, 0) is 42.8 Å². The highest BCUT2D eigenvalue weighted by atomic mass is 16.2. The van der Waals surface area contributed by atoms with Gasteiger partial charge in [-0.3, -0.25) is 9.59 Å². The van der Waals surface area contributed by atoms with Crippen LogP contribution in [0, 0.1) is 6.92 Å². The van der Waals surface area contributed by atoms with Gasteiger partial charge in [0.05, 0.1) is 0 Å². The molecule has 0 radical (unpaired) electrons. The molecule has 0 bridgehead atoms. The van der Waals surface area contributed by atoms with E-state index in [4.69, 9.17) is 0 Å². The SMILES string of the molecule is Cc1ccccc1NC(=O)/C(=C\c1c[nH]c2ccccc12)NC(=O)c1ccccc1. The molecule has 0 spiro atoms. The van der Waals surface area contributed by atoms with Crippen LogP contribution in [0.25, 0.3) is 17.0 Å². The molecule has 1 heterocycles. The normalized spacial score (nSPS) is 11.3. The Kier molecular flexibility index (Phi) is 5.44. The first-order valence-electron chi connectivity index (χ1n) is 9.63. The summed E-state index contributed by atoms with van der Waals surface area (Å²) in [5.74, 6) is -0.736. The number of amides is 2. The molecule has 1 aromatic heterocycles. The highest BCUT2D eigenvalue weighted by Gasteiger charge is 2.16. The number of hydrogen-bond donors (Lipinski definition) is 3. The maximum Gasteiger partial charge on any atom is 0.272 e. The third kappa shape index (κ3) is 4.15. The van der Waals surface area contributed by atoms with Crippen LogP contribution in [0.4, 0.5) is 5.69 Å². The van der Waals surface area contributed by atoms with Crippen LogP contribution < -0.4 is 10.6 Å². The highest BCUT2D eigenvalue weighted by Crippen LogP contribution is 2.21. The Morgan fingerprint density at radius 1 is 0.867 bits per heavy atom. The minimum Gasteiger partial charge on any atom is -0.361 e. The molecule has 3 N–H and O–H groups in total. The van der Waals surface area contributed by atoms with Gasteiger partial charge in [0, 0.05) is 33.9 Å². The maximum absolute atomic E-state index is 13.1. The largest absolute Gasteiger partial charge is 0.361 e. The van der Waals surface area contributed by atoms with Crippen molar-refractivity contribution in [1.29, 1.82) is 0 Å². The van der Waals surface area contributed by atoms with E-state index in [1.54, 1.807) is 30.3 Å². The first kappa shape index (κ1) is 19.2. The van der Waals surface area contributed by atoms with Crippen LogP contribution >= 0.6 is 0 Å². The number of carbonyl (C=O) groups is 2. The van der Waals surface area contributed by atoms with Crippen molar-refractivity contribution in [3.63, 3.8) is 0 Å². The molecule has 0 atom stereocenters. The molecule has 4 rings (SSSR count).